The average Bonchev–Trinajstić information content (AvgIpc) is 2.90. The molecule has 0 radical (unpaired) electrons. The Morgan fingerprint density at radius 3 is 2.39 bits per heavy atom. The van der Waals surface area contributed by atoms with Crippen LogP contribution in [0.4, 0.5) is 0 Å². The van der Waals surface area contributed by atoms with Gasteiger partial charge in [0.2, 0.25) is 5.88 Å². The first-order chi connectivity index (χ1) is 13.5. The van der Waals surface area contributed by atoms with Crippen molar-refractivity contribution in [2.24, 2.45) is 5.73 Å². The Labute approximate surface area is 161 Å². The van der Waals surface area contributed by atoms with E-state index in [4.69, 9.17) is 19.6 Å². The summed E-state index contributed by atoms with van der Waals surface area (Å²) in [6, 6.07) is 12.7. The molecule has 1 unspecified atom stereocenters. The normalized spacial score (nSPS) is 15.7. The summed E-state index contributed by atoms with van der Waals surface area (Å²) in [5, 5.41) is 10.8. The number of hydrogen-bond donors (Lipinski definition) is 1. The monoisotopic (exact) mass is 374 g/mol. The van der Waals surface area contributed by atoms with Gasteiger partial charge < -0.3 is 19.6 Å². The van der Waals surface area contributed by atoms with Gasteiger partial charge in [-0.3, -0.25) is 4.79 Å². The molecule has 28 heavy (non-hydrogen) atoms. The molecule has 3 aromatic rings. The van der Waals surface area contributed by atoms with Crippen molar-refractivity contribution in [2.75, 3.05) is 7.11 Å². The molecule has 6 heteroatoms. The SMILES string of the molecule is COc1ccc(C2C(C#N)=C(N)Oc3c2ccc(=O)c2c(C)oc(C)c32)cc1. The van der Waals surface area contributed by atoms with Crippen LogP contribution in [0.1, 0.15) is 28.6 Å². The second-order valence-corrected chi connectivity index (χ2v) is 6.64. The lowest BCUT2D eigenvalue weighted by Gasteiger charge is -2.26. The van der Waals surface area contributed by atoms with E-state index in [1.165, 1.54) is 6.07 Å². The zero-order valence-corrected chi connectivity index (χ0v) is 15.7. The number of methoxy groups -OCH3 is 1. The van der Waals surface area contributed by atoms with E-state index in [9.17, 15) is 10.1 Å². The zero-order chi connectivity index (χ0) is 20.0. The highest BCUT2D eigenvalue weighted by atomic mass is 16.5. The molecule has 0 fully saturated rings. The minimum absolute atomic E-state index is 0.0222. The number of aryl methyl sites for hydroxylation is 2. The summed E-state index contributed by atoms with van der Waals surface area (Å²) < 4.78 is 16.8. The molecule has 0 saturated carbocycles. The van der Waals surface area contributed by atoms with Crippen LogP contribution in [0.2, 0.25) is 0 Å². The Morgan fingerprint density at radius 1 is 1.07 bits per heavy atom. The number of nitrogens with zero attached hydrogens (tertiary/aromatic N) is 1. The highest BCUT2D eigenvalue weighted by Gasteiger charge is 2.33. The van der Waals surface area contributed by atoms with Gasteiger partial charge in [0, 0.05) is 5.56 Å². The summed E-state index contributed by atoms with van der Waals surface area (Å²) in [7, 11) is 1.59. The first-order valence-electron chi connectivity index (χ1n) is 8.74. The van der Waals surface area contributed by atoms with Crippen LogP contribution in [-0.2, 0) is 0 Å². The van der Waals surface area contributed by atoms with Gasteiger partial charge in [-0.1, -0.05) is 18.2 Å². The number of nitriles is 1. The van der Waals surface area contributed by atoms with Crippen LogP contribution < -0.4 is 20.6 Å². The molecular weight excluding hydrogens is 356 g/mol. The quantitative estimate of drug-likeness (QED) is 0.735. The summed E-state index contributed by atoms with van der Waals surface area (Å²) in [6.07, 6.45) is 0. The number of rotatable bonds is 2. The lowest BCUT2D eigenvalue weighted by atomic mass is 9.84. The van der Waals surface area contributed by atoms with Gasteiger partial charge in [-0.2, -0.15) is 5.26 Å². The molecule has 1 aliphatic heterocycles. The molecule has 4 rings (SSSR count). The van der Waals surface area contributed by atoms with Gasteiger partial charge in [-0.05, 0) is 37.6 Å². The lowest BCUT2D eigenvalue weighted by Crippen LogP contribution is -2.20. The standard InChI is InChI=1S/C22H18N2O4/c1-11-18-17(25)9-8-15-20(13-4-6-14(26-3)7-5-13)16(10-23)22(24)28-21(15)19(18)12(2)27-11/h4-9,20H,24H2,1-3H3. The minimum Gasteiger partial charge on any atom is -0.497 e. The van der Waals surface area contributed by atoms with Gasteiger partial charge in [0.25, 0.3) is 0 Å². The molecule has 0 bridgehead atoms. The highest BCUT2D eigenvalue weighted by molar-refractivity contribution is 5.93. The van der Waals surface area contributed by atoms with E-state index in [0.717, 1.165) is 5.56 Å². The van der Waals surface area contributed by atoms with E-state index in [-0.39, 0.29) is 11.3 Å². The fourth-order valence-corrected chi connectivity index (χ4v) is 3.78. The third kappa shape index (κ3) is 2.52. The molecular formula is C22H18N2O4. The van der Waals surface area contributed by atoms with Crippen molar-refractivity contribution < 1.29 is 13.9 Å². The van der Waals surface area contributed by atoms with Crippen molar-refractivity contribution in [1.82, 2.24) is 0 Å². The van der Waals surface area contributed by atoms with Gasteiger partial charge in [0.1, 0.15) is 34.7 Å². The number of fused-ring (bicyclic) bond motifs is 3. The molecule has 2 heterocycles. The molecule has 1 atom stereocenters. The number of hydrogen-bond acceptors (Lipinski definition) is 6. The summed E-state index contributed by atoms with van der Waals surface area (Å²) in [4.78, 5) is 12.7. The Balaban J connectivity index is 2.08. The fourth-order valence-electron chi connectivity index (χ4n) is 3.78. The number of benzene rings is 1. The first kappa shape index (κ1) is 17.7. The van der Waals surface area contributed by atoms with Crippen LogP contribution in [0.25, 0.3) is 10.8 Å². The maximum Gasteiger partial charge on any atom is 0.205 e. The second kappa shape index (κ2) is 6.46. The van der Waals surface area contributed by atoms with Crippen LogP contribution in [-0.4, -0.2) is 7.11 Å². The Morgan fingerprint density at radius 2 is 1.75 bits per heavy atom. The Bertz CT molecular complexity index is 1230. The van der Waals surface area contributed by atoms with E-state index in [0.29, 0.717) is 44.9 Å². The Kier molecular flexibility index (Phi) is 4.08. The third-order valence-corrected chi connectivity index (χ3v) is 5.06. The molecule has 1 aromatic heterocycles. The van der Waals surface area contributed by atoms with Gasteiger partial charge >= 0.3 is 0 Å². The third-order valence-electron chi connectivity index (χ3n) is 5.06. The molecule has 0 spiro atoms. The molecule has 2 N–H and O–H groups in total. The zero-order valence-electron chi connectivity index (χ0n) is 15.7. The Hall–Kier alpha value is -3.72. The van der Waals surface area contributed by atoms with Gasteiger partial charge in [0.05, 0.1) is 23.8 Å². The van der Waals surface area contributed by atoms with E-state index >= 15 is 0 Å². The number of ether oxygens (including phenoxy) is 2. The van der Waals surface area contributed by atoms with Crippen molar-refractivity contribution in [3.8, 4) is 17.6 Å². The predicted molar refractivity (Wildman–Crippen MR) is 104 cm³/mol. The fraction of sp³-hybridized carbons (Fsp3) is 0.182. The van der Waals surface area contributed by atoms with Crippen molar-refractivity contribution in [3.05, 3.63) is 80.7 Å². The van der Waals surface area contributed by atoms with Crippen LogP contribution in [0.15, 0.2) is 57.1 Å². The molecule has 6 nitrogen and oxygen atoms in total. The molecule has 0 amide bonds. The molecule has 140 valence electrons. The van der Waals surface area contributed by atoms with Crippen molar-refractivity contribution in [2.45, 2.75) is 19.8 Å². The van der Waals surface area contributed by atoms with Crippen molar-refractivity contribution in [1.29, 1.82) is 5.26 Å². The van der Waals surface area contributed by atoms with Gasteiger partial charge in [0.15, 0.2) is 5.43 Å². The van der Waals surface area contributed by atoms with E-state index in [1.807, 2.05) is 24.3 Å². The minimum atomic E-state index is -0.468. The van der Waals surface area contributed by atoms with Crippen molar-refractivity contribution >= 4 is 10.8 Å². The maximum atomic E-state index is 12.7. The van der Waals surface area contributed by atoms with Crippen molar-refractivity contribution in [3.63, 3.8) is 0 Å². The lowest BCUT2D eigenvalue weighted by molar-refractivity contribution is 0.397. The molecule has 0 aliphatic carbocycles. The maximum absolute atomic E-state index is 12.7. The van der Waals surface area contributed by atoms with E-state index in [2.05, 4.69) is 6.07 Å². The predicted octanol–water partition coefficient (Wildman–Crippen LogP) is 3.64. The van der Waals surface area contributed by atoms with Gasteiger partial charge in [-0.15, -0.1) is 0 Å². The largest absolute Gasteiger partial charge is 0.497 e. The molecule has 0 saturated heterocycles. The summed E-state index contributed by atoms with van der Waals surface area (Å²) in [5.41, 5.74) is 7.77. The summed E-state index contributed by atoms with van der Waals surface area (Å²) >= 11 is 0. The van der Waals surface area contributed by atoms with Crippen LogP contribution in [0.3, 0.4) is 0 Å². The topological polar surface area (TPSA) is 98.5 Å². The number of allylic oxidation sites excluding steroid dienone is 1. The first-order valence-corrected chi connectivity index (χ1v) is 8.74. The second-order valence-electron chi connectivity index (χ2n) is 6.64. The van der Waals surface area contributed by atoms with Crippen LogP contribution in [0, 0.1) is 25.2 Å². The van der Waals surface area contributed by atoms with Crippen LogP contribution >= 0.6 is 0 Å². The smallest absolute Gasteiger partial charge is 0.205 e. The summed E-state index contributed by atoms with van der Waals surface area (Å²) in [6.45, 7) is 3.52. The molecule has 1 aliphatic rings. The highest BCUT2D eigenvalue weighted by Crippen LogP contribution is 2.45. The van der Waals surface area contributed by atoms with E-state index < -0.39 is 5.92 Å². The summed E-state index contributed by atoms with van der Waals surface area (Å²) in [5.74, 6) is 1.80. The number of furan rings is 1. The number of nitrogens with two attached hydrogens (primary N) is 1. The van der Waals surface area contributed by atoms with Crippen LogP contribution in [0.5, 0.6) is 11.5 Å². The molecule has 2 aromatic carbocycles. The average molecular weight is 374 g/mol. The van der Waals surface area contributed by atoms with E-state index in [1.54, 1.807) is 27.0 Å². The van der Waals surface area contributed by atoms with Gasteiger partial charge in [-0.25, -0.2) is 0 Å².